The maximum absolute atomic E-state index is 11.9. The van der Waals surface area contributed by atoms with Gasteiger partial charge in [0.25, 0.3) is 5.91 Å². The molecule has 0 aliphatic rings. The first-order chi connectivity index (χ1) is 10.1. The number of methoxy groups -OCH3 is 1. The smallest absolute Gasteiger partial charge is 0.257 e. The second-order valence-electron chi connectivity index (χ2n) is 3.98. The van der Waals surface area contributed by atoms with Crippen LogP contribution in [0.1, 0.15) is 15.4 Å². The Balaban J connectivity index is 1.85. The molecule has 2 aromatic rings. The minimum absolute atomic E-state index is 0.122. The van der Waals surface area contributed by atoms with Gasteiger partial charge in [0.05, 0.1) is 12.9 Å². The van der Waals surface area contributed by atoms with Crippen LogP contribution < -0.4 is 10.1 Å². The largest absolute Gasteiger partial charge is 0.497 e. The van der Waals surface area contributed by atoms with Crippen molar-refractivity contribution in [2.75, 3.05) is 12.9 Å². The summed E-state index contributed by atoms with van der Waals surface area (Å²) in [7, 11) is 1.55. The molecule has 0 bridgehead atoms. The zero-order valence-corrected chi connectivity index (χ0v) is 13.1. The van der Waals surface area contributed by atoms with Crippen LogP contribution in [0, 0.1) is 6.92 Å². The molecule has 21 heavy (non-hydrogen) atoms. The quantitative estimate of drug-likeness (QED) is 0.847. The van der Waals surface area contributed by atoms with Crippen molar-refractivity contribution < 1.29 is 14.3 Å². The lowest BCUT2D eigenvalue weighted by Crippen LogP contribution is -2.31. The van der Waals surface area contributed by atoms with Gasteiger partial charge in [-0.3, -0.25) is 14.9 Å². The summed E-state index contributed by atoms with van der Waals surface area (Å²) in [6, 6.07) is 6.53. The number of imide groups is 1. The van der Waals surface area contributed by atoms with E-state index in [1.165, 1.54) is 23.1 Å². The van der Waals surface area contributed by atoms with Gasteiger partial charge in [0.2, 0.25) is 5.91 Å². The molecule has 0 radical (unpaired) electrons. The number of hydrogen-bond acceptors (Lipinski definition) is 7. The lowest BCUT2D eigenvalue weighted by atomic mass is 10.2. The summed E-state index contributed by atoms with van der Waals surface area (Å²) in [4.78, 5) is 23.6. The predicted octanol–water partition coefficient (Wildman–Crippen LogP) is 1.90. The first kappa shape index (κ1) is 15.5. The second kappa shape index (κ2) is 7.19. The van der Waals surface area contributed by atoms with Crippen LogP contribution in [0.15, 0.2) is 28.6 Å². The third kappa shape index (κ3) is 4.54. The number of benzene rings is 1. The van der Waals surface area contributed by atoms with Gasteiger partial charge in [0.1, 0.15) is 10.8 Å². The van der Waals surface area contributed by atoms with Crippen LogP contribution >= 0.6 is 23.1 Å². The Morgan fingerprint density at radius 3 is 2.57 bits per heavy atom. The molecule has 0 aliphatic carbocycles. The van der Waals surface area contributed by atoms with Gasteiger partial charge in [0.15, 0.2) is 4.34 Å². The Bertz CT molecular complexity index is 640. The van der Waals surface area contributed by atoms with Crippen molar-refractivity contribution in [2.24, 2.45) is 0 Å². The van der Waals surface area contributed by atoms with Crippen LogP contribution in [0.25, 0.3) is 0 Å². The number of carbonyl (C=O) groups is 2. The highest BCUT2D eigenvalue weighted by Gasteiger charge is 2.12. The van der Waals surface area contributed by atoms with Crippen LogP contribution in [-0.2, 0) is 4.79 Å². The molecule has 2 amide bonds. The van der Waals surface area contributed by atoms with Gasteiger partial charge in [-0.25, -0.2) is 0 Å². The Kier molecular flexibility index (Phi) is 5.29. The van der Waals surface area contributed by atoms with E-state index >= 15 is 0 Å². The molecule has 0 aliphatic heterocycles. The standard InChI is InChI=1S/C13H13N3O3S2/c1-8-15-16-13(21-8)20-7-11(17)14-12(18)9-3-5-10(19-2)6-4-9/h3-6H,7H2,1-2H3,(H,14,17,18). The van der Waals surface area contributed by atoms with E-state index in [9.17, 15) is 9.59 Å². The highest BCUT2D eigenvalue weighted by atomic mass is 32.2. The predicted molar refractivity (Wildman–Crippen MR) is 80.8 cm³/mol. The number of amides is 2. The number of aromatic nitrogens is 2. The van der Waals surface area contributed by atoms with E-state index in [1.807, 2.05) is 6.92 Å². The Morgan fingerprint density at radius 1 is 1.29 bits per heavy atom. The molecule has 1 aromatic heterocycles. The average Bonchev–Trinajstić information content (AvgIpc) is 2.91. The summed E-state index contributed by atoms with van der Waals surface area (Å²) >= 11 is 2.66. The zero-order valence-electron chi connectivity index (χ0n) is 11.5. The van der Waals surface area contributed by atoms with Gasteiger partial charge in [-0.05, 0) is 31.2 Å². The summed E-state index contributed by atoms with van der Waals surface area (Å²) in [6.07, 6.45) is 0. The molecule has 6 nitrogen and oxygen atoms in total. The highest BCUT2D eigenvalue weighted by Crippen LogP contribution is 2.21. The lowest BCUT2D eigenvalue weighted by Gasteiger charge is -2.04. The Labute approximate surface area is 129 Å². The molecule has 1 N–H and O–H groups in total. The number of nitrogens with zero attached hydrogens (tertiary/aromatic N) is 2. The Morgan fingerprint density at radius 2 is 2.00 bits per heavy atom. The molecule has 0 fully saturated rings. The number of carbonyl (C=O) groups excluding carboxylic acids is 2. The van der Waals surface area contributed by atoms with Gasteiger partial charge < -0.3 is 4.74 Å². The lowest BCUT2D eigenvalue weighted by molar-refractivity contribution is -0.117. The van der Waals surface area contributed by atoms with E-state index in [2.05, 4.69) is 15.5 Å². The van der Waals surface area contributed by atoms with E-state index in [1.54, 1.807) is 31.4 Å². The topological polar surface area (TPSA) is 81.2 Å². The van der Waals surface area contributed by atoms with Crippen LogP contribution in [0.3, 0.4) is 0 Å². The molecular weight excluding hydrogens is 310 g/mol. The molecule has 0 saturated carbocycles. The minimum atomic E-state index is -0.434. The molecule has 1 heterocycles. The highest BCUT2D eigenvalue weighted by molar-refractivity contribution is 8.01. The molecule has 2 rings (SSSR count). The van der Waals surface area contributed by atoms with Crippen LogP contribution in [0.5, 0.6) is 5.75 Å². The van der Waals surface area contributed by atoms with Gasteiger partial charge in [-0.15, -0.1) is 10.2 Å². The van der Waals surface area contributed by atoms with E-state index in [4.69, 9.17) is 4.74 Å². The van der Waals surface area contributed by atoms with E-state index in [0.717, 1.165) is 5.01 Å². The van der Waals surface area contributed by atoms with Crippen molar-refractivity contribution in [2.45, 2.75) is 11.3 Å². The summed E-state index contributed by atoms with van der Waals surface area (Å²) in [6.45, 7) is 1.84. The van der Waals surface area contributed by atoms with E-state index in [0.29, 0.717) is 15.7 Å². The molecule has 0 spiro atoms. The summed E-state index contributed by atoms with van der Waals surface area (Å²) < 4.78 is 5.71. The molecule has 1 aromatic carbocycles. The Hall–Kier alpha value is -1.93. The number of nitrogens with one attached hydrogen (secondary N) is 1. The first-order valence-electron chi connectivity index (χ1n) is 5.99. The van der Waals surface area contributed by atoms with Crippen molar-refractivity contribution in [3.05, 3.63) is 34.8 Å². The number of ether oxygens (including phenoxy) is 1. The maximum atomic E-state index is 11.9. The molecular formula is C13H13N3O3S2. The third-order valence-corrected chi connectivity index (χ3v) is 4.41. The number of thioether (sulfide) groups is 1. The fraction of sp³-hybridized carbons (Fsp3) is 0.231. The zero-order chi connectivity index (χ0) is 15.2. The molecule has 110 valence electrons. The molecule has 0 atom stereocenters. The molecule has 0 unspecified atom stereocenters. The fourth-order valence-corrected chi connectivity index (χ4v) is 3.06. The van der Waals surface area contributed by atoms with Crippen molar-refractivity contribution in [3.8, 4) is 5.75 Å². The summed E-state index contributed by atoms with van der Waals surface area (Å²) in [5.74, 6) is -0.0262. The normalized spacial score (nSPS) is 10.2. The second-order valence-corrected chi connectivity index (χ2v) is 6.39. The van der Waals surface area contributed by atoms with Crippen LogP contribution in [0.4, 0.5) is 0 Å². The monoisotopic (exact) mass is 323 g/mol. The number of hydrogen-bond donors (Lipinski definition) is 1. The van der Waals surface area contributed by atoms with E-state index < -0.39 is 5.91 Å². The molecule has 8 heteroatoms. The van der Waals surface area contributed by atoms with Gasteiger partial charge in [-0.2, -0.15) is 0 Å². The van der Waals surface area contributed by atoms with Crippen molar-refractivity contribution in [1.29, 1.82) is 0 Å². The van der Waals surface area contributed by atoms with Gasteiger partial charge >= 0.3 is 0 Å². The van der Waals surface area contributed by atoms with Gasteiger partial charge in [0, 0.05) is 5.56 Å². The van der Waals surface area contributed by atoms with Gasteiger partial charge in [-0.1, -0.05) is 23.1 Å². The fourth-order valence-electron chi connectivity index (χ4n) is 1.44. The summed E-state index contributed by atoms with van der Waals surface area (Å²) in [5.41, 5.74) is 0.404. The average molecular weight is 323 g/mol. The number of aryl methyl sites for hydroxylation is 1. The molecule has 0 saturated heterocycles. The summed E-state index contributed by atoms with van der Waals surface area (Å²) in [5, 5.41) is 10.9. The van der Waals surface area contributed by atoms with Crippen molar-refractivity contribution in [3.63, 3.8) is 0 Å². The first-order valence-corrected chi connectivity index (χ1v) is 7.80. The third-order valence-electron chi connectivity index (χ3n) is 2.44. The van der Waals surface area contributed by atoms with Crippen molar-refractivity contribution in [1.82, 2.24) is 15.5 Å². The van der Waals surface area contributed by atoms with Crippen LogP contribution in [-0.4, -0.2) is 34.9 Å². The number of rotatable bonds is 5. The minimum Gasteiger partial charge on any atom is -0.497 e. The SMILES string of the molecule is COc1ccc(C(=O)NC(=O)CSc2nnc(C)s2)cc1. The van der Waals surface area contributed by atoms with E-state index in [-0.39, 0.29) is 11.7 Å². The van der Waals surface area contributed by atoms with Crippen LogP contribution in [0.2, 0.25) is 0 Å². The van der Waals surface area contributed by atoms with Crippen molar-refractivity contribution >= 4 is 34.9 Å². The maximum Gasteiger partial charge on any atom is 0.257 e.